The summed E-state index contributed by atoms with van der Waals surface area (Å²) in [5.41, 5.74) is 8.69. The predicted octanol–water partition coefficient (Wildman–Crippen LogP) is 4.75. The second-order valence-corrected chi connectivity index (χ2v) is 9.65. The lowest BCUT2D eigenvalue weighted by atomic mass is 9.97. The Bertz CT molecular complexity index is 1450. The van der Waals surface area contributed by atoms with Gasteiger partial charge in [0.25, 0.3) is 5.56 Å². The minimum atomic E-state index is -0.141. The van der Waals surface area contributed by atoms with Gasteiger partial charge >= 0.3 is 0 Å². The van der Waals surface area contributed by atoms with E-state index in [9.17, 15) is 4.79 Å². The third-order valence-corrected chi connectivity index (χ3v) is 6.91. The standard InChI is InChI=1S/C29H32N4O3/c1-18-12-22(17-33-7-9-35-10-8-33)13-24(21(18)4)15-27-31-16-26(36-27)23-5-6-30-25(14-23)28-19(2)11-20(3)32-29(28)34/h5-6,11-14,16H,7-10,15,17H2,1-4H3,(H,32,34). The van der Waals surface area contributed by atoms with E-state index in [-0.39, 0.29) is 5.56 Å². The third kappa shape index (κ3) is 5.17. The van der Waals surface area contributed by atoms with Gasteiger partial charge in [-0.1, -0.05) is 12.1 Å². The number of ether oxygens (including phenoxy) is 1. The summed E-state index contributed by atoms with van der Waals surface area (Å²) in [6, 6.07) is 10.3. The van der Waals surface area contributed by atoms with Crippen LogP contribution in [0.3, 0.4) is 0 Å². The van der Waals surface area contributed by atoms with E-state index < -0.39 is 0 Å². The van der Waals surface area contributed by atoms with Crippen LogP contribution in [0.1, 0.15) is 39.4 Å². The molecule has 1 aliphatic heterocycles. The van der Waals surface area contributed by atoms with E-state index in [2.05, 4.69) is 45.8 Å². The molecule has 1 aliphatic rings. The number of pyridine rings is 2. The van der Waals surface area contributed by atoms with Crippen LogP contribution in [0.5, 0.6) is 0 Å². The van der Waals surface area contributed by atoms with Gasteiger partial charge in [0.1, 0.15) is 0 Å². The number of nitrogens with one attached hydrogen (secondary N) is 1. The normalized spacial score (nSPS) is 14.3. The van der Waals surface area contributed by atoms with Crippen LogP contribution in [0.15, 0.2) is 51.9 Å². The Morgan fingerprint density at radius 1 is 1.00 bits per heavy atom. The summed E-state index contributed by atoms with van der Waals surface area (Å²) < 4.78 is 11.7. The number of H-pyrrole nitrogens is 1. The molecule has 0 saturated carbocycles. The monoisotopic (exact) mass is 484 g/mol. The molecular formula is C29H32N4O3. The summed E-state index contributed by atoms with van der Waals surface area (Å²) in [5, 5.41) is 0. The molecule has 0 bridgehead atoms. The largest absolute Gasteiger partial charge is 0.440 e. The molecule has 5 rings (SSSR count). The van der Waals surface area contributed by atoms with Crippen molar-refractivity contribution in [2.24, 2.45) is 0 Å². The topological polar surface area (TPSA) is 84.2 Å². The number of hydrogen-bond acceptors (Lipinski definition) is 6. The first kappa shape index (κ1) is 24.2. The van der Waals surface area contributed by atoms with Crippen molar-refractivity contribution >= 4 is 0 Å². The lowest BCUT2D eigenvalue weighted by Crippen LogP contribution is -2.35. The van der Waals surface area contributed by atoms with Crippen molar-refractivity contribution in [3.8, 4) is 22.6 Å². The maximum atomic E-state index is 12.6. The lowest BCUT2D eigenvalue weighted by molar-refractivity contribution is 0.0342. The molecule has 0 aliphatic carbocycles. The van der Waals surface area contributed by atoms with Gasteiger partial charge in [-0.05, 0) is 73.7 Å². The Labute approximate surface area is 211 Å². The van der Waals surface area contributed by atoms with Gasteiger partial charge in [0, 0.05) is 43.5 Å². The summed E-state index contributed by atoms with van der Waals surface area (Å²) in [4.78, 5) is 26.9. The highest BCUT2D eigenvalue weighted by Gasteiger charge is 2.16. The zero-order valence-electron chi connectivity index (χ0n) is 21.4. The first-order chi connectivity index (χ1) is 17.4. The molecule has 4 aromatic rings. The van der Waals surface area contributed by atoms with Gasteiger partial charge in [0.05, 0.1) is 30.7 Å². The van der Waals surface area contributed by atoms with Crippen LogP contribution in [0.4, 0.5) is 0 Å². The second kappa shape index (κ2) is 10.2. The molecule has 1 saturated heterocycles. The zero-order valence-corrected chi connectivity index (χ0v) is 21.4. The Hall–Kier alpha value is -3.55. The van der Waals surface area contributed by atoms with Gasteiger partial charge in [-0.15, -0.1) is 0 Å². The molecule has 7 heteroatoms. The Morgan fingerprint density at radius 2 is 1.81 bits per heavy atom. The van der Waals surface area contributed by atoms with Crippen LogP contribution >= 0.6 is 0 Å². The number of nitrogens with zero attached hydrogens (tertiary/aromatic N) is 3. The molecule has 36 heavy (non-hydrogen) atoms. The van der Waals surface area contributed by atoms with Crippen LogP contribution in [0.2, 0.25) is 0 Å². The van der Waals surface area contributed by atoms with Crippen LogP contribution in [-0.2, 0) is 17.7 Å². The van der Waals surface area contributed by atoms with Crippen molar-refractivity contribution in [2.45, 2.75) is 40.7 Å². The number of hydrogen-bond donors (Lipinski definition) is 1. The molecule has 7 nitrogen and oxygen atoms in total. The Kier molecular flexibility index (Phi) is 6.85. The first-order valence-electron chi connectivity index (χ1n) is 12.4. The molecule has 0 atom stereocenters. The van der Waals surface area contributed by atoms with E-state index in [1.54, 1.807) is 12.4 Å². The van der Waals surface area contributed by atoms with Crippen LogP contribution in [0.25, 0.3) is 22.6 Å². The fourth-order valence-electron chi connectivity index (χ4n) is 4.89. The fourth-order valence-corrected chi connectivity index (χ4v) is 4.89. The highest BCUT2D eigenvalue weighted by atomic mass is 16.5. The van der Waals surface area contributed by atoms with Crippen LogP contribution < -0.4 is 5.56 Å². The average Bonchev–Trinajstić information content (AvgIpc) is 3.31. The molecule has 1 aromatic carbocycles. The number of rotatable bonds is 6. The van der Waals surface area contributed by atoms with Gasteiger partial charge in [0.15, 0.2) is 11.7 Å². The average molecular weight is 485 g/mol. The van der Waals surface area contributed by atoms with Crippen molar-refractivity contribution in [1.82, 2.24) is 19.9 Å². The quantitative estimate of drug-likeness (QED) is 0.425. The Morgan fingerprint density at radius 3 is 2.58 bits per heavy atom. The van der Waals surface area contributed by atoms with Gasteiger partial charge in [0.2, 0.25) is 0 Å². The van der Waals surface area contributed by atoms with Gasteiger partial charge in [-0.2, -0.15) is 0 Å². The number of aryl methyl sites for hydroxylation is 3. The molecule has 0 amide bonds. The predicted molar refractivity (Wildman–Crippen MR) is 140 cm³/mol. The molecule has 1 fully saturated rings. The first-order valence-corrected chi connectivity index (χ1v) is 12.4. The van der Waals surface area contributed by atoms with Gasteiger partial charge in [-0.25, -0.2) is 4.98 Å². The van der Waals surface area contributed by atoms with E-state index in [0.29, 0.717) is 29.3 Å². The summed E-state index contributed by atoms with van der Waals surface area (Å²) in [5.74, 6) is 1.33. The number of aromatic nitrogens is 3. The number of benzene rings is 1. The van der Waals surface area contributed by atoms with Crippen LogP contribution in [-0.4, -0.2) is 46.2 Å². The molecule has 0 unspecified atom stereocenters. The minimum Gasteiger partial charge on any atom is -0.440 e. The van der Waals surface area contributed by atoms with Crippen molar-refractivity contribution in [3.63, 3.8) is 0 Å². The molecule has 186 valence electrons. The second-order valence-electron chi connectivity index (χ2n) is 9.65. The lowest BCUT2D eigenvalue weighted by Gasteiger charge is -2.27. The van der Waals surface area contributed by atoms with E-state index >= 15 is 0 Å². The van der Waals surface area contributed by atoms with Crippen molar-refractivity contribution in [2.75, 3.05) is 26.3 Å². The Balaban J connectivity index is 1.39. The molecule has 3 aromatic heterocycles. The molecule has 4 heterocycles. The van der Waals surface area contributed by atoms with Gasteiger partial charge in [-0.3, -0.25) is 14.7 Å². The maximum Gasteiger partial charge on any atom is 0.257 e. The van der Waals surface area contributed by atoms with E-state index in [1.165, 1.54) is 22.3 Å². The minimum absolute atomic E-state index is 0.141. The van der Waals surface area contributed by atoms with Crippen molar-refractivity contribution in [1.29, 1.82) is 0 Å². The van der Waals surface area contributed by atoms with Crippen LogP contribution in [0, 0.1) is 27.7 Å². The highest BCUT2D eigenvalue weighted by Crippen LogP contribution is 2.27. The maximum absolute atomic E-state index is 12.6. The summed E-state index contributed by atoms with van der Waals surface area (Å²) in [6.45, 7) is 12.6. The summed E-state index contributed by atoms with van der Waals surface area (Å²) >= 11 is 0. The van der Waals surface area contributed by atoms with Crippen molar-refractivity contribution < 1.29 is 9.15 Å². The van der Waals surface area contributed by atoms with Gasteiger partial charge < -0.3 is 14.1 Å². The summed E-state index contributed by atoms with van der Waals surface area (Å²) in [7, 11) is 0. The third-order valence-electron chi connectivity index (χ3n) is 6.91. The smallest absolute Gasteiger partial charge is 0.257 e. The molecule has 0 radical (unpaired) electrons. The number of oxazole rings is 1. The van der Waals surface area contributed by atoms with E-state index in [4.69, 9.17) is 9.15 Å². The van der Waals surface area contributed by atoms with E-state index in [0.717, 1.165) is 49.7 Å². The molecule has 1 N–H and O–H groups in total. The molecule has 0 spiro atoms. The SMILES string of the molecule is Cc1cc(C)c(-c2cc(-c3cnc(Cc4cc(CN5CCOCC5)cc(C)c4C)o3)ccn2)c(=O)[nH]1. The van der Waals surface area contributed by atoms with Crippen molar-refractivity contribution in [3.05, 3.63) is 92.5 Å². The number of morpholine rings is 1. The zero-order chi connectivity index (χ0) is 25.2. The molecular weight excluding hydrogens is 452 g/mol. The summed E-state index contributed by atoms with van der Waals surface area (Å²) in [6.07, 6.45) is 4.08. The number of aromatic amines is 1. The van der Waals surface area contributed by atoms with E-state index in [1.807, 2.05) is 32.0 Å². The highest BCUT2D eigenvalue weighted by molar-refractivity contribution is 5.68. The fraction of sp³-hybridized carbons (Fsp3) is 0.345.